The number of nitrogens with one attached hydrogen (secondary N) is 1. The van der Waals surface area contributed by atoms with Gasteiger partial charge in [0.25, 0.3) is 0 Å². The van der Waals surface area contributed by atoms with E-state index in [0.717, 1.165) is 19.5 Å². The molecule has 6 heteroatoms. The molecule has 0 bridgehead atoms. The third-order valence-electron chi connectivity index (χ3n) is 4.62. The molecule has 2 rings (SSSR count). The van der Waals surface area contributed by atoms with Gasteiger partial charge in [0.15, 0.2) is 0 Å². The highest BCUT2D eigenvalue weighted by molar-refractivity contribution is 7.90. The Morgan fingerprint density at radius 2 is 1.96 bits per heavy atom. The van der Waals surface area contributed by atoms with Gasteiger partial charge >= 0.3 is 0 Å². The maximum atomic E-state index is 12.2. The van der Waals surface area contributed by atoms with Gasteiger partial charge in [-0.05, 0) is 38.3 Å². The predicted octanol–water partition coefficient (Wildman–Crippen LogP) is 1.78. The predicted molar refractivity (Wildman–Crippen MR) is 92.9 cm³/mol. The van der Waals surface area contributed by atoms with Crippen molar-refractivity contribution >= 4 is 10.0 Å². The summed E-state index contributed by atoms with van der Waals surface area (Å²) in [5, 5.41) is -0.551. The molecule has 1 heterocycles. The van der Waals surface area contributed by atoms with Crippen LogP contribution in [0.1, 0.15) is 31.9 Å². The Labute approximate surface area is 140 Å². The van der Waals surface area contributed by atoms with Crippen molar-refractivity contribution in [3.05, 3.63) is 35.4 Å². The zero-order valence-electron chi connectivity index (χ0n) is 14.5. The summed E-state index contributed by atoms with van der Waals surface area (Å²) in [6, 6.07) is 8.46. The summed E-state index contributed by atoms with van der Waals surface area (Å²) in [6.45, 7) is 8.24. The summed E-state index contributed by atoms with van der Waals surface area (Å²) in [7, 11) is -1.84. The molecule has 130 valence electrons. The van der Waals surface area contributed by atoms with E-state index in [2.05, 4.69) is 47.7 Å². The van der Waals surface area contributed by atoms with Crippen LogP contribution in [-0.2, 0) is 27.7 Å². The van der Waals surface area contributed by atoms with Crippen LogP contribution in [0.5, 0.6) is 0 Å². The van der Waals surface area contributed by atoms with Crippen molar-refractivity contribution in [2.75, 3.05) is 26.8 Å². The molecule has 1 N–H and O–H groups in total. The van der Waals surface area contributed by atoms with Crippen LogP contribution < -0.4 is 4.72 Å². The molecule has 0 aromatic heterocycles. The van der Waals surface area contributed by atoms with Crippen molar-refractivity contribution in [3.63, 3.8) is 0 Å². The van der Waals surface area contributed by atoms with Gasteiger partial charge in [-0.3, -0.25) is 4.90 Å². The molecular formula is C17H28N2O3S. The molecule has 0 saturated carbocycles. The minimum atomic E-state index is -3.36. The van der Waals surface area contributed by atoms with E-state index in [1.54, 1.807) is 6.92 Å². The number of hydrogen-bond donors (Lipinski definition) is 1. The van der Waals surface area contributed by atoms with Crippen LogP contribution in [0.25, 0.3) is 0 Å². The van der Waals surface area contributed by atoms with E-state index in [-0.39, 0.29) is 12.1 Å². The van der Waals surface area contributed by atoms with Crippen molar-refractivity contribution < 1.29 is 13.2 Å². The molecule has 1 aliphatic rings. The van der Waals surface area contributed by atoms with E-state index in [1.807, 2.05) is 0 Å². The molecule has 0 saturated heterocycles. The zero-order valence-corrected chi connectivity index (χ0v) is 15.3. The van der Waals surface area contributed by atoms with E-state index in [0.29, 0.717) is 6.54 Å². The second kappa shape index (κ2) is 7.30. The number of ether oxygens (including phenoxy) is 1. The lowest BCUT2D eigenvalue weighted by molar-refractivity contribution is 0.108. The average molecular weight is 340 g/mol. The molecule has 1 atom stereocenters. The lowest BCUT2D eigenvalue weighted by Gasteiger charge is -2.41. The third kappa shape index (κ3) is 4.53. The highest BCUT2D eigenvalue weighted by Crippen LogP contribution is 2.25. The fraction of sp³-hybridized carbons (Fsp3) is 0.647. The van der Waals surface area contributed by atoms with Gasteiger partial charge in [0.05, 0.1) is 11.9 Å². The lowest BCUT2D eigenvalue weighted by Crippen LogP contribution is -2.54. The highest BCUT2D eigenvalue weighted by atomic mass is 32.2. The quantitative estimate of drug-likeness (QED) is 0.822. The molecule has 0 amide bonds. The van der Waals surface area contributed by atoms with Gasteiger partial charge in [-0.15, -0.1) is 0 Å². The van der Waals surface area contributed by atoms with Crippen LogP contribution in [0, 0.1) is 0 Å². The standard InChI is InChI=1S/C17H28N2O3S/c1-14(12-22-4)23(20,21)18-13-17(2,3)19-10-9-15-7-5-6-8-16(15)11-19/h5-8,14,18H,9-13H2,1-4H3. The van der Waals surface area contributed by atoms with E-state index in [4.69, 9.17) is 4.74 Å². The minimum Gasteiger partial charge on any atom is -0.383 e. The van der Waals surface area contributed by atoms with Crippen LogP contribution in [0.15, 0.2) is 24.3 Å². The molecule has 23 heavy (non-hydrogen) atoms. The number of fused-ring (bicyclic) bond motifs is 1. The Bertz CT molecular complexity index is 628. The second-order valence-electron chi connectivity index (χ2n) is 6.88. The first-order valence-corrected chi connectivity index (χ1v) is 9.60. The largest absolute Gasteiger partial charge is 0.383 e. The third-order valence-corrected chi connectivity index (χ3v) is 6.37. The summed E-state index contributed by atoms with van der Waals surface area (Å²) < 4.78 is 32.2. The van der Waals surface area contributed by atoms with Crippen LogP contribution >= 0.6 is 0 Å². The molecule has 0 aliphatic carbocycles. The molecule has 1 unspecified atom stereocenters. The Morgan fingerprint density at radius 1 is 1.30 bits per heavy atom. The summed E-state index contributed by atoms with van der Waals surface area (Å²) in [5.41, 5.74) is 2.49. The zero-order chi connectivity index (χ0) is 17.1. The summed E-state index contributed by atoms with van der Waals surface area (Å²) >= 11 is 0. The number of rotatable bonds is 7. The van der Waals surface area contributed by atoms with Crippen LogP contribution in [-0.4, -0.2) is 50.9 Å². The number of hydrogen-bond acceptors (Lipinski definition) is 4. The topological polar surface area (TPSA) is 58.6 Å². The summed E-state index contributed by atoms with van der Waals surface area (Å²) in [5.74, 6) is 0. The Kier molecular flexibility index (Phi) is 5.84. The van der Waals surface area contributed by atoms with Gasteiger partial charge < -0.3 is 4.74 Å². The first-order valence-electron chi connectivity index (χ1n) is 8.05. The van der Waals surface area contributed by atoms with E-state index >= 15 is 0 Å². The van der Waals surface area contributed by atoms with Crippen LogP contribution in [0.4, 0.5) is 0 Å². The summed E-state index contributed by atoms with van der Waals surface area (Å²) in [4.78, 5) is 2.35. The molecule has 0 fully saturated rings. The van der Waals surface area contributed by atoms with Gasteiger partial charge in [-0.1, -0.05) is 24.3 Å². The maximum Gasteiger partial charge on any atom is 0.216 e. The van der Waals surface area contributed by atoms with Crippen molar-refractivity contribution in [3.8, 4) is 0 Å². The molecular weight excluding hydrogens is 312 g/mol. The number of sulfonamides is 1. The molecule has 1 aromatic rings. The van der Waals surface area contributed by atoms with Crippen molar-refractivity contribution in [1.82, 2.24) is 9.62 Å². The SMILES string of the molecule is COCC(C)S(=O)(=O)NCC(C)(C)N1CCc2ccccc2C1. The Hall–Kier alpha value is -0.950. The first kappa shape index (κ1) is 18.4. The maximum absolute atomic E-state index is 12.2. The van der Waals surface area contributed by atoms with Gasteiger partial charge in [-0.25, -0.2) is 13.1 Å². The molecule has 0 spiro atoms. The van der Waals surface area contributed by atoms with E-state index in [1.165, 1.54) is 18.2 Å². The first-order chi connectivity index (χ1) is 10.8. The summed E-state index contributed by atoms with van der Waals surface area (Å²) in [6.07, 6.45) is 1.01. The fourth-order valence-corrected chi connectivity index (χ4v) is 4.02. The Morgan fingerprint density at radius 3 is 2.61 bits per heavy atom. The normalized spacial score (nSPS) is 17.7. The molecule has 5 nitrogen and oxygen atoms in total. The second-order valence-corrected chi connectivity index (χ2v) is 9.07. The van der Waals surface area contributed by atoms with Gasteiger partial charge in [0.1, 0.15) is 0 Å². The van der Waals surface area contributed by atoms with Gasteiger partial charge in [0, 0.05) is 32.3 Å². The van der Waals surface area contributed by atoms with Crippen LogP contribution in [0.3, 0.4) is 0 Å². The van der Waals surface area contributed by atoms with Crippen molar-refractivity contribution in [1.29, 1.82) is 0 Å². The van der Waals surface area contributed by atoms with Gasteiger partial charge in [-0.2, -0.15) is 0 Å². The van der Waals surface area contributed by atoms with Crippen molar-refractivity contribution in [2.24, 2.45) is 0 Å². The minimum absolute atomic E-state index is 0.201. The van der Waals surface area contributed by atoms with E-state index < -0.39 is 15.3 Å². The Balaban J connectivity index is 2.00. The fourth-order valence-electron chi connectivity index (χ4n) is 2.87. The molecule has 1 aliphatic heterocycles. The number of nitrogens with zero attached hydrogens (tertiary/aromatic N) is 1. The van der Waals surface area contributed by atoms with Crippen molar-refractivity contribution in [2.45, 2.75) is 44.5 Å². The highest BCUT2D eigenvalue weighted by Gasteiger charge is 2.32. The monoisotopic (exact) mass is 340 g/mol. The smallest absolute Gasteiger partial charge is 0.216 e. The molecule has 1 aromatic carbocycles. The number of benzene rings is 1. The van der Waals surface area contributed by atoms with Crippen LogP contribution in [0.2, 0.25) is 0 Å². The average Bonchev–Trinajstić information content (AvgIpc) is 2.53. The van der Waals surface area contributed by atoms with Gasteiger partial charge in [0.2, 0.25) is 10.0 Å². The van der Waals surface area contributed by atoms with E-state index in [9.17, 15) is 8.42 Å². The lowest BCUT2D eigenvalue weighted by atomic mass is 9.94. The molecule has 0 radical (unpaired) electrons. The number of methoxy groups -OCH3 is 1.